The fraction of sp³-hybridized carbons (Fsp3) is 0.476. The van der Waals surface area contributed by atoms with Crippen LogP contribution in [0.3, 0.4) is 0 Å². The van der Waals surface area contributed by atoms with Gasteiger partial charge in [-0.15, -0.1) is 0 Å². The molecule has 7 heteroatoms. The van der Waals surface area contributed by atoms with E-state index in [1.54, 1.807) is 30.0 Å². The average Bonchev–Trinajstić information content (AvgIpc) is 3.30. The molecule has 1 amide bonds. The molecule has 0 radical (unpaired) electrons. The molecule has 1 aliphatic heterocycles. The Labute approximate surface area is 167 Å². The van der Waals surface area contributed by atoms with Crippen molar-refractivity contribution in [2.24, 2.45) is 11.8 Å². The topological polar surface area (TPSA) is 62.9 Å². The van der Waals surface area contributed by atoms with Gasteiger partial charge in [-0.2, -0.15) is 11.8 Å². The van der Waals surface area contributed by atoms with Crippen LogP contribution in [0, 0.1) is 17.7 Å². The Morgan fingerprint density at radius 1 is 1.21 bits per heavy atom. The van der Waals surface area contributed by atoms with Gasteiger partial charge in [0.05, 0.1) is 11.9 Å². The Morgan fingerprint density at radius 3 is 2.64 bits per heavy atom. The van der Waals surface area contributed by atoms with Gasteiger partial charge >= 0.3 is 0 Å². The van der Waals surface area contributed by atoms with Gasteiger partial charge in [0, 0.05) is 13.1 Å². The molecule has 1 aliphatic carbocycles. The lowest BCUT2D eigenvalue weighted by atomic mass is 9.78. The maximum atomic E-state index is 13.1. The summed E-state index contributed by atoms with van der Waals surface area (Å²) < 4.78 is 24.6. The van der Waals surface area contributed by atoms with E-state index in [-0.39, 0.29) is 29.7 Å². The molecule has 4 atom stereocenters. The zero-order valence-corrected chi connectivity index (χ0v) is 16.5. The fourth-order valence-corrected chi connectivity index (χ4v) is 4.68. The van der Waals surface area contributed by atoms with Crippen molar-refractivity contribution < 1.29 is 23.4 Å². The maximum Gasteiger partial charge on any atom is 0.289 e. The molecule has 4 rings (SSSR count). The van der Waals surface area contributed by atoms with Crippen molar-refractivity contribution in [3.05, 3.63) is 53.7 Å². The first-order valence-electron chi connectivity index (χ1n) is 9.50. The van der Waals surface area contributed by atoms with E-state index in [9.17, 15) is 14.3 Å². The van der Waals surface area contributed by atoms with E-state index in [4.69, 9.17) is 9.15 Å². The van der Waals surface area contributed by atoms with Crippen molar-refractivity contribution in [2.75, 3.05) is 19.3 Å². The zero-order valence-electron chi connectivity index (χ0n) is 15.7. The molecule has 2 heterocycles. The number of furan rings is 1. The van der Waals surface area contributed by atoms with Gasteiger partial charge in [-0.25, -0.2) is 4.39 Å². The summed E-state index contributed by atoms with van der Waals surface area (Å²) in [6.07, 6.45) is 2.31. The summed E-state index contributed by atoms with van der Waals surface area (Å²) in [5, 5.41) is 10.5. The molecule has 1 saturated carbocycles. The SMILES string of the molecule is CSCc1ccc(C(=O)N2C[C@H]3C[C@@H](Oc4ccc(F)cc4)[C@H](O)C[C@H]3C2)o1. The summed E-state index contributed by atoms with van der Waals surface area (Å²) in [5.41, 5.74) is 0. The number of carbonyl (C=O) groups excluding carboxylic acids is 1. The second-order valence-electron chi connectivity index (χ2n) is 7.58. The number of hydrogen-bond donors (Lipinski definition) is 1. The van der Waals surface area contributed by atoms with Crippen molar-refractivity contribution in [1.82, 2.24) is 4.90 Å². The van der Waals surface area contributed by atoms with E-state index in [2.05, 4.69) is 0 Å². The summed E-state index contributed by atoms with van der Waals surface area (Å²) >= 11 is 1.65. The number of ether oxygens (including phenoxy) is 1. The van der Waals surface area contributed by atoms with Gasteiger partial charge in [0.2, 0.25) is 0 Å². The number of rotatable bonds is 5. The molecule has 1 aromatic carbocycles. The van der Waals surface area contributed by atoms with Crippen molar-refractivity contribution in [3.63, 3.8) is 0 Å². The Morgan fingerprint density at radius 2 is 1.93 bits per heavy atom. The first kappa shape index (κ1) is 19.3. The van der Waals surface area contributed by atoms with Gasteiger partial charge in [-0.05, 0) is 67.3 Å². The third-order valence-electron chi connectivity index (χ3n) is 5.63. The number of fused-ring (bicyclic) bond motifs is 1. The minimum atomic E-state index is -0.599. The highest BCUT2D eigenvalue weighted by Gasteiger charge is 2.44. The highest BCUT2D eigenvalue weighted by atomic mass is 32.2. The predicted molar refractivity (Wildman–Crippen MR) is 105 cm³/mol. The van der Waals surface area contributed by atoms with Gasteiger partial charge in [-0.1, -0.05) is 0 Å². The number of halogens is 1. The maximum absolute atomic E-state index is 13.1. The van der Waals surface area contributed by atoms with Gasteiger partial charge in [-0.3, -0.25) is 4.79 Å². The monoisotopic (exact) mass is 405 g/mol. The average molecular weight is 405 g/mol. The van der Waals surface area contributed by atoms with Gasteiger partial charge < -0.3 is 19.2 Å². The highest BCUT2D eigenvalue weighted by Crippen LogP contribution is 2.38. The number of amides is 1. The Balaban J connectivity index is 1.39. The lowest BCUT2D eigenvalue weighted by molar-refractivity contribution is -0.0231. The highest BCUT2D eigenvalue weighted by molar-refractivity contribution is 7.97. The molecule has 0 unspecified atom stereocenters. The summed E-state index contributed by atoms with van der Waals surface area (Å²) in [5.74, 6) is 2.59. The molecule has 1 aromatic heterocycles. The minimum Gasteiger partial charge on any atom is -0.488 e. The summed E-state index contributed by atoms with van der Waals surface area (Å²) in [7, 11) is 0. The van der Waals surface area contributed by atoms with Gasteiger partial charge in [0.1, 0.15) is 23.4 Å². The lowest BCUT2D eigenvalue weighted by Crippen LogP contribution is -2.42. The van der Waals surface area contributed by atoms with Crippen LogP contribution in [0.2, 0.25) is 0 Å². The molecule has 0 bridgehead atoms. The van der Waals surface area contributed by atoms with Crippen molar-refractivity contribution in [2.45, 2.75) is 30.8 Å². The Kier molecular flexibility index (Phi) is 5.64. The molecule has 1 saturated heterocycles. The molecule has 150 valence electrons. The predicted octanol–water partition coefficient (Wildman–Crippen LogP) is 3.57. The van der Waals surface area contributed by atoms with Crippen LogP contribution in [-0.4, -0.2) is 47.5 Å². The number of benzene rings is 1. The summed E-state index contributed by atoms with van der Waals surface area (Å²) in [4.78, 5) is 14.6. The van der Waals surface area contributed by atoms with E-state index in [1.807, 2.05) is 17.2 Å². The van der Waals surface area contributed by atoms with Crippen LogP contribution in [0.1, 0.15) is 29.2 Å². The van der Waals surface area contributed by atoms with E-state index in [0.717, 1.165) is 11.5 Å². The molecule has 2 fully saturated rings. The number of nitrogens with zero attached hydrogens (tertiary/aromatic N) is 1. The Bertz CT molecular complexity index is 824. The number of carbonyl (C=O) groups is 1. The van der Waals surface area contributed by atoms with Crippen molar-refractivity contribution in [1.29, 1.82) is 0 Å². The summed E-state index contributed by atoms with van der Waals surface area (Å²) in [6.45, 7) is 1.26. The van der Waals surface area contributed by atoms with Gasteiger partial charge in [0.15, 0.2) is 5.76 Å². The first-order valence-corrected chi connectivity index (χ1v) is 10.9. The molecule has 28 heavy (non-hydrogen) atoms. The van der Waals surface area contributed by atoms with Crippen LogP contribution in [0.15, 0.2) is 40.8 Å². The van der Waals surface area contributed by atoms with Gasteiger partial charge in [0.25, 0.3) is 5.91 Å². The quantitative estimate of drug-likeness (QED) is 0.824. The number of likely N-dealkylation sites (tertiary alicyclic amines) is 1. The second-order valence-corrected chi connectivity index (χ2v) is 8.44. The molecular formula is C21H24FNO4S. The van der Waals surface area contributed by atoms with E-state index >= 15 is 0 Å². The van der Waals surface area contributed by atoms with Crippen LogP contribution in [-0.2, 0) is 5.75 Å². The third kappa shape index (κ3) is 4.05. The van der Waals surface area contributed by atoms with Crippen molar-refractivity contribution >= 4 is 17.7 Å². The summed E-state index contributed by atoms with van der Waals surface area (Å²) in [6, 6.07) is 9.42. The van der Waals surface area contributed by atoms with E-state index in [1.165, 1.54) is 12.1 Å². The normalized spacial score (nSPS) is 26.9. The first-order chi connectivity index (χ1) is 13.5. The van der Waals surface area contributed by atoms with E-state index in [0.29, 0.717) is 37.4 Å². The molecule has 2 aromatic rings. The van der Waals surface area contributed by atoms with Crippen LogP contribution in [0.4, 0.5) is 4.39 Å². The van der Waals surface area contributed by atoms with Crippen molar-refractivity contribution in [3.8, 4) is 5.75 Å². The molecule has 5 nitrogen and oxygen atoms in total. The fourth-order valence-electron chi connectivity index (χ4n) is 4.24. The van der Waals surface area contributed by atoms with Crippen LogP contribution >= 0.6 is 11.8 Å². The molecule has 1 N–H and O–H groups in total. The number of aliphatic hydroxyl groups excluding tert-OH is 1. The minimum absolute atomic E-state index is 0.0905. The third-order valence-corrected chi connectivity index (χ3v) is 6.21. The van der Waals surface area contributed by atoms with Crippen LogP contribution in [0.25, 0.3) is 0 Å². The van der Waals surface area contributed by atoms with Crippen LogP contribution in [0.5, 0.6) is 5.75 Å². The molecular weight excluding hydrogens is 381 g/mol. The largest absolute Gasteiger partial charge is 0.488 e. The number of aliphatic hydroxyl groups is 1. The number of hydrogen-bond acceptors (Lipinski definition) is 5. The molecule has 0 spiro atoms. The van der Waals surface area contributed by atoms with Crippen LogP contribution < -0.4 is 4.74 Å². The zero-order chi connectivity index (χ0) is 19.7. The second kappa shape index (κ2) is 8.17. The Hall–Kier alpha value is -1.99. The molecule has 2 aliphatic rings. The number of thioether (sulfide) groups is 1. The van der Waals surface area contributed by atoms with E-state index < -0.39 is 6.10 Å². The standard InChI is InChI=1S/C21H24FNO4S/c1-28-12-17-6-7-19(27-17)21(25)23-10-13-8-18(24)20(9-14(13)11-23)26-16-4-2-15(22)3-5-16/h2-7,13-14,18,20,24H,8-12H2,1H3/t13-,14+,18+,20+/m0/s1. The lowest BCUT2D eigenvalue weighted by Gasteiger charge is -2.35. The smallest absolute Gasteiger partial charge is 0.289 e.